The molecule has 4 aromatic rings. The van der Waals surface area contributed by atoms with E-state index in [1.165, 1.54) is 23.0 Å². The predicted octanol–water partition coefficient (Wildman–Crippen LogP) is 4.25. The van der Waals surface area contributed by atoms with Gasteiger partial charge < -0.3 is 23.4 Å². The van der Waals surface area contributed by atoms with Crippen molar-refractivity contribution in [3.63, 3.8) is 0 Å². The van der Waals surface area contributed by atoms with Crippen LogP contribution in [0.15, 0.2) is 80.1 Å². The third kappa shape index (κ3) is 5.63. The van der Waals surface area contributed by atoms with E-state index in [1.54, 1.807) is 81.6 Å². The molecule has 0 saturated carbocycles. The number of rotatable bonds is 9. The quantitative estimate of drug-likeness (QED) is 0.261. The SMILES string of the molecule is CCOC(=O)C1=C(C)N=c2s/c(=C/c3ccc(-c4ccccc4C(=O)OC)o3)c(=O)n2[C@@H]1c1ccc(OC)c(OCC)c1. The molecule has 11 heteroatoms. The molecule has 0 saturated heterocycles. The summed E-state index contributed by atoms with van der Waals surface area (Å²) in [6.45, 7) is 5.87. The largest absolute Gasteiger partial charge is 0.493 e. The minimum atomic E-state index is -0.818. The Kier molecular flexibility index (Phi) is 8.63. The van der Waals surface area contributed by atoms with Crippen LogP contribution in [-0.2, 0) is 14.3 Å². The summed E-state index contributed by atoms with van der Waals surface area (Å²) in [4.78, 5) is 44.5. The lowest BCUT2D eigenvalue weighted by molar-refractivity contribution is -0.139. The van der Waals surface area contributed by atoms with E-state index in [9.17, 15) is 14.4 Å². The average Bonchev–Trinajstić information content (AvgIpc) is 3.60. The van der Waals surface area contributed by atoms with Gasteiger partial charge in [-0.25, -0.2) is 14.6 Å². The topological polar surface area (TPSA) is 119 Å². The van der Waals surface area contributed by atoms with Crippen molar-refractivity contribution in [2.45, 2.75) is 26.8 Å². The molecular weight excluding hydrogens is 572 g/mol. The third-order valence-electron chi connectivity index (χ3n) is 6.82. The molecule has 0 aliphatic carbocycles. The van der Waals surface area contributed by atoms with Gasteiger partial charge >= 0.3 is 11.9 Å². The number of benzene rings is 2. The van der Waals surface area contributed by atoms with Crippen molar-refractivity contribution in [1.29, 1.82) is 0 Å². The fourth-order valence-electron chi connectivity index (χ4n) is 4.93. The number of fused-ring (bicyclic) bond motifs is 1. The average molecular weight is 603 g/mol. The van der Waals surface area contributed by atoms with E-state index < -0.39 is 18.0 Å². The molecule has 2 aromatic heterocycles. The van der Waals surface area contributed by atoms with Crippen LogP contribution in [0.25, 0.3) is 17.4 Å². The summed E-state index contributed by atoms with van der Waals surface area (Å²) in [6.07, 6.45) is 1.62. The van der Waals surface area contributed by atoms with Crippen LogP contribution in [0, 0.1) is 0 Å². The fourth-order valence-corrected chi connectivity index (χ4v) is 5.96. The number of hydrogen-bond acceptors (Lipinski definition) is 10. The molecule has 2 aromatic carbocycles. The number of methoxy groups -OCH3 is 2. The number of allylic oxidation sites excluding steroid dienone is 1. The third-order valence-corrected chi connectivity index (χ3v) is 7.80. The zero-order valence-electron chi connectivity index (χ0n) is 24.3. The number of carbonyl (C=O) groups excluding carboxylic acids is 2. The van der Waals surface area contributed by atoms with Crippen LogP contribution < -0.4 is 24.4 Å². The number of carbonyl (C=O) groups is 2. The van der Waals surface area contributed by atoms with E-state index in [0.717, 1.165) is 0 Å². The molecule has 0 spiro atoms. The Bertz CT molecular complexity index is 1910. The highest BCUT2D eigenvalue weighted by atomic mass is 32.1. The summed E-state index contributed by atoms with van der Waals surface area (Å²) in [7, 11) is 2.86. The van der Waals surface area contributed by atoms with E-state index >= 15 is 0 Å². The fraction of sp³-hybridized carbons (Fsp3) is 0.250. The summed E-state index contributed by atoms with van der Waals surface area (Å²) >= 11 is 1.18. The molecule has 10 nitrogen and oxygen atoms in total. The van der Waals surface area contributed by atoms with Gasteiger partial charge in [-0.05, 0) is 56.7 Å². The van der Waals surface area contributed by atoms with Crippen LogP contribution in [0.4, 0.5) is 0 Å². The first-order valence-corrected chi connectivity index (χ1v) is 14.4. The zero-order valence-corrected chi connectivity index (χ0v) is 25.2. The lowest BCUT2D eigenvalue weighted by Gasteiger charge is -2.25. The minimum absolute atomic E-state index is 0.166. The van der Waals surface area contributed by atoms with Crippen molar-refractivity contribution in [3.05, 3.63) is 102 Å². The molecule has 1 atom stereocenters. The number of esters is 2. The van der Waals surface area contributed by atoms with Gasteiger partial charge in [-0.1, -0.05) is 35.6 Å². The highest BCUT2D eigenvalue weighted by molar-refractivity contribution is 7.07. The molecular formula is C32H30N2O8S. The molecule has 0 N–H and O–H groups in total. The Morgan fingerprint density at radius 1 is 1.02 bits per heavy atom. The van der Waals surface area contributed by atoms with Crippen LogP contribution in [-0.4, -0.2) is 43.9 Å². The number of nitrogens with zero attached hydrogens (tertiary/aromatic N) is 2. The smallest absolute Gasteiger partial charge is 0.338 e. The van der Waals surface area contributed by atoms with E-state index in [0.29, 0.717) is 61.3 Å². The Labute approximate surface area is 251 Å². The van der Waals surface area contributed by atoms with E-state index in [4.69, 9.17) is 23.4 Å². The van der Waals surface area contributed by atoms with Gasteiger partial charge in [0.2, 0.25) is 0 Å². The van der Waals surface area contributed by atoms with Crippen molar-refractivity contribution in [2.75, 3.05) is 27.4 Å². The Hall–Kier alpha value is -4.90. The monoisotopic (exact) mass is 602 g/mol. The maximum atomic E-state index is 14.0. The van der Waals surface area contributed by atoms with Crippen molar-refractivity contribution < 1.29 is 33.0 Å². The molecule has 0 amide bonds. The minimum Gasteiger partial charge on any atom is -0.493 e. The summed E-state index contributed by atoms with van der Waals surface area (Å²) in [5.74, 6) is 0.815. The maximum absolute atomic E-state index is 14.0. The van der Waals surface area contributed by atoms with Gasteiger partial charge in [0.15, 0.2) is 16.3 Å². The molecule has 0 bridgehead atoms. The Morgan fingerprint density at radius 2 is 1.81 bits per heavy atom. The van der Waals surface area contributed by atoms with Gasteiger partial charge in [0.25, 0.3) is 5.56 Å². The zero-order chi connectivity index (χ0) is 30.7. The molecule has 1 aliphatic heterocycles. The summed E-state index contributed by atoms with van der Waals surface area (Å²) < 4.78 is 29.4. The molecule has 43 heavy (non-hydrogen) atoms. The number of aromatic nitrogens is 1. The lowest BCUT2D eigenvalue weighted by atomic mass is 9.95. The summed E-state index contributed by atoms with van der Waals surface area (Å²) in [6, 6.07) is 14.9. The Morgan fingerprint density at radius 3 is 2.53 bits per heavy atom. The molecule has 222 valence electrons. The van der Waals surface area contributed by atoms with Crippen LogP contribution in [0.2, 0.25) is 0 Å². The summed E-state index contributed by atoms with van der Waals surface area (Å²) in [5.41, 5.74) is 1.91. The first-order valence-electron chi connectivity index (χ1n) is 13.6. The predicted molar refractivity (Wildman–Crippen MR) is 160 cm³/mol. The van der Waals surface area contributed by atoms with Crippen LogP contribution in [0.5, 0.6) is 11.5 Å². The number of furan rings is 1. The molecule has 1 aliphatic rings. The molecule has 0 unspecified atom stereocenters. The number of hydrogen-bond donors (Lipinski definition) is 0. The van der Waals surface area contributed by atoms with E-state index in [-0.39, 0.29) is 17.7 Å². The van der Waals surface area contributed by atoms with Crippen molar-refractivity contribution in [1.82, 2.24) is 4.57 Å². The van der Waals surface area contributed by atoms with Crippen LogP contribution >= 0.6 is 11.3 Å². The first kappa shape index (κ1) is 29.6. The highest BCUT2D eigenvalue weighted by Crippen LogP contribution is 2.36. The Balaban J connectivity index is 1.65. The summed E-state index contributed by atoms with van der Waals surface area (Å²) in [5, 5.41) is 0. The molecule has 0 radical (unpaired) electrons. The maximum Gasteiger partial charge on any atom is 0.338 e. The normalized spacial score (nSPS) is 14.6. The van der Waals surface area contributed by atoms with Crippen LogP contribution in [0.1, 0.15) is 48.5 Å². The molecule has 0 fully saturated rings. The second kappa shape index (κ2) is 12.5. The van der Waals surface area contributed by atoms with Crippen LogP contribution in [0.3, 0.4) is 0 Å². The van der Waals surface area contributed by atoms with E-state index in [2.05, 4.69) is 4.99 Å². The molecule has 5 rings (SSSR count). The lowest BCUT2D eigenvalue weighted by Crippen LogP contribution is -2.39. The van der Waals surface area contributed by atoms with Gasteiger partial charge in [-0.15, -0.1) is 0 Å². The standard InChI is InChI=1S/C32H30N2O8S/c1-6-40-25-16-19(12-14-24(25)38-4)28-27(31(37)41-7-2)18(3)33-32-34(28)29(35)26(43-32)17-20-13-15-23(42-20)21-10-8-9-11-22(21)30(36)39-5/h8-17,28H,6-7H2,1-5H3/b26-17+/t28-/m1/s1. The van der Waals surface area contributed by atoms with Gasteiger partial charge in [0.1, 0.15) is 11.5 Å². The van der Waals surface area contributed by atoms with Gasteiger partial charge in [0, 0.05) is 11.6 Å². The van der Waals surface area contributed by atoms with E-state index in [1.807, 2.05) is 6.92 Å². The number of thiazole rings is 1. The highest BCUT2D eigenvalue weighted by Gasteiger charge is 2.34. The first-order chi connectivity index (χ1) is 20.8. The second-order valence-corrected chi connectivity index (χ2v) is 10.4. The van der Waals surface area contributed by atoms with Gasteiger partial charge in [-0.3, -0.25) is 9.36 Å². The van der Waals surface area contributed by atoms with Crippen molar-refractivity contribution in [2.24, 2.45) is 4.99 Å². The number of ether oxygens (including phenoxy) is 4. The van der Waals surface area contributed by atoms with Crippen molar-refractivity contribution >= 4 is 29.4 Å². The van der Waals surface area contributed by atoms with Gasteiger partial charge in [0.05, 0.1) is 54.8 Å². The second-order valence-electron chi connectivity index (χ2n) is 9.38. The van der Waals surface area contributed by atoms with Crippen molar-refractivity contribution in [3.8, 4) is 22.8 Å². The van der Waals surface area contributed by atoms with Gasteiger partial charge in [-0.2, -0.15) is 0 Å². The molecule has 3 heterocycles.